The summed E-state index contributed by atoms with van der Waals surface area (Å²) in [7, 11) is 0. The number of aromatic nitrogens is 4. The number of halogens is 1. The van der Waals surface area contributed by atoms with Crippen LogP contribution in [-0.2, 0) is 0 Å². The van der Waals surface area contributed by atoms with E-state index in [9.17, 15) is 0 Å². The number of imidazole rings is 1. The summed E-state index contributed by atoms with van der Waals surface area (Å²) in [5.74, 6) is 0. The quantitative estimate of drug-likeness (QED) is 0.620. The molecule has 1 atom stereocenters. The van der Waals surface area contributed by atoms with Crippen molar-refractivity contribution in [2.24, 2.45) is 0 Å². The second-order valence-corrected chi connectivity index (χ2v) is 5.54. The molecule has 4 nitrogen and oxygen atoms in total. The molecule has 4 rings (SSSR count). The van der Waals surface area contributed by atoms with Crippen LogP contribution in [0.5, 0.6) is 0 Å². The van der Waals surface area contributed by atoms with Crippen molar-refractivity contribution in [1.29, 1.82) is 0 Å². The Morgan fingerprint density at radius 2 is 2.09 bits per heavy atom. The molecular weight excluding hydrogens is 296 g/mol. The summed E-state index contributed by atoms with van der Waals surface area (Å²) in [5, 5.41) is 1.85. The number of H-pyrrole nitrogens is 1. The van der Waals surface area contributed by atoms with Gasteiger partial charge >= 0.3 is 0 Å². The molecule has 0 aliphatic heterocycles. The van der Waals surface area contributed by atoms with Gasteiger partial charge in [0.25, 0.3) is 0 Å². The standard InChI is InChI=1S/C17H13ClN4/c18-12-4-5-13-14(10-21-16(13)9-12)17(22-8-7-19-11-22)15-3-1-2-6-20-15/h1-11,17,21H. The van der Waals surface area contributed by atoms with Gasteiger partial charge in [0.2, 0.25) is 0 Å². The number of benzene rings is 1. The highest BCUT2D eigenvalue weighted by Gasteiger charge is 2.20. The Bertz CT molecular complexity index is 897. The largest absolute Gasteiger partial charge is 0.361 e. The van der Waals surface area contributed by atoms with Crippen molar-refractivity contribution in [3.05, 3.63) is 83.8 Å². The number of hydrogen-bond donors (Lipinski definition) is 1. The van der Waals surface area contributed by atoms with Crippen molar-refractivity contribution in [1.82, 2.24) is 19.5 Å². The zero-order valence-corrected chi connectivity index (χ0v) is 12.4. The molecule has 0 amide bonds. The molecule has 5 heteroatoms. The van der Waals surface area contributed by atoms with Gasteiger partial charge < -0.3 is 9.55 Å². The van der Waals surface area contributed by atoms with E-state index in [4.69, 9.17) is 11.6 Å². The van der Waals surface area contributed by atoms with Crippen LogP contribution < -0.4 is 0 Å². The summed E-state index contributed by atoms with van der Waals surface area (Å²) in [4.78, 5) is 12.0. The van der Waals surface area contributed by atoms with E-state index >= 15 is 0 Å². The predicted octanol–water partition coefficient (Wildman–Crippen LogP) is 4.05. The molecule has 108 valence electrons. The molecule has 0 spiro atoms. The van der Waals surface area contributed by atoms with Crippen LogP contribution in [0.3, 0.4) is 0 Å². The molecule has 0 bridgehead atoms. The van der Waals surface area contributed by atoms with Crippen molar-refractivity contribution in [2.75, 3.05) is 0 Å². The van der Waals surface area contributed by atoms with E-state index in [2.05, 4.69) is 19.5 Å². The molecule has 0 aliphatic rings. The molecule has 0 fully saturated rings. The number of rotatable bonds is 3. The van der Waals surface area contributed by atoms with E-state index in [0.717, 1.165) is 27.2 Å². The number of aromatic amines is 1. The van der Waals surface area contributed by atoms with Gasteiger partial charge in [-0.1, -0.05) is 23.7 Å². The first-order chi connectivity index (χ1) is 10.8. The number of fused-ring (bicyclic) bond motifs is 1. The van der Waals surface area contributed by atoms with Gasteiger partial charge in [0.15, 0.2) is 0 Å². The molecule has 1 N–H and O–H groups in total. The normalized spacial score (nSPS) is 12.6. The smallest absolute Gasteiger partial charge is 0.104 e. The van der Waals surface area contributed by atoms with Gasteiger partial charge in [0.1, 0.15) is 6.04 Å². The lowest BCUT2D eigenvalue weighted by Crippen LogP contribution is -2.11. The van der Waals surface area contributed by atoms with Gasteiger partial charge in [0.05, 0.1) is 12.0 Å². The van der Waals surface area contributed by atoms with Crippen LogP contribution in [0.25, 0.3) is 10.9 Å². The molecule has 1 unspecified atom stereocenters. The molecule has 22 heavy (non-hydrogen) atoms. The Morgan fingerprint density at radius 1 is 1.14 bits per heavy atom. The van der Waals surface area contributed by atoms with Gasteiger partial charge in [0, 0.05) is 46.3 Å². The van der Waals surface area contributed by atoms with Crippen LogP contribution in [0.1, 0.15) is 17.3 Å². The zero-order chi connectivity index (χ0) is 14.9. The molecule has 3 heterocycles. The maximum absolute atomic E-state index is 6.08. The van der Waals surface area contributed by atoms with Crippen LogP contribution in [0.15, 0.2) is 67.5 Å². The third-order valence-corrected chi connectivity index (χ3v) is 4.00. The lowest BCUT2D eigenvalue weighted by molar-refractivity contribution is 0.661. The lowest BCUT2D eigenvalue weighted by atomic mass is 10.0. The minimum absolute atomic E-state index is 0.0291. The van der Waals surface area contributed by atoms with Crippen LogP contribution in [0.2, 0.25) is 5.02 Å². The molecule has 3 aromatic heterocycles. The van der Waals surface area contributed by atoms with Crippen LogP contribution in [-0.4, -0.2) is 19.5 Å². The molecular formula is C17H13ClN4. The van der Waals surface area contributed by atoms with Gasteiger partial charge in [-0.25, -0.2) is 4.98 Å². The van der Waals surface area contributed by atoms with Crippen LogP contribution >= 0.6 is 11.6 Å². The summed E-state index contributed by atoms with van der Waals surface area (Å²) in [5.41, 5.74) is 3.13. The Hall–Kier alpha value is -2.59. The van der Waals surface area contributed by atoms with Crippen molar-refractivity contribution in [2.45, 2.75) is 6.04 Å². The summed E-state index contributed by atoms with van der Waals surface area (Å²) < 4.78 is 2.06. The van der Waals surface area contributed by atoms with Crippen molar-refractivity contribution in [3.63, 3.8) is 0 Å². The van der Waals surface area contributed by atoms with E-state index in [1.54, 1.807) is 6.20 Å². The third-order valence-electron chi connectivity index (χ3n) is 3.76. The van der Waals surface area contributed by atoms with Gasteiger partial charge in [-0.05, 0) is 24.3 Å². The number of hydrogen-bond acceptors (Lipinski definition) is 2. The Labute approximate surface area is 132 Å². The highest BCUT2D eigenvalue weighted by Crippen LogP contribution is 2.32. The van der Waals surface area contributed by atoms with E-state index in [0.29, 0.717) is 0 Å². The second-order valence-electron chi connectivity index (χ2n) is 5.10. The minimum Gasteiger partial charge on any atom is -0.361 e. The fourth-order valence-electron chi connectivity index (χ4n) is 2.78. The average Bonchev–Trinajstić information content (AvgIpc) is 3.19. The van der Waals surface area contributed by atoms with Crippen molar-refractivity contribution >= 4 is 22.5 Å². The molecule has 4 aromatic rings. The van der Waals surface area contributed by atoms with E-state index in [1.807, 2.05) is 61.3 Å². The first-order valence-corrected chi connectivity index (χ1v) is 7.35. The molecule has 0 aliphatic carbocycles. The average molecular weight is 309 g/mol. The van der Waals surface area contributed by atoms with Crippen LogP contribution in [0, 0.1) is 0 Å². The second kappa shape index (κ2) is 5.31. The van der Waals surface area contributed by atoms with Gasteiger partial charge in [-0.2, -0.15) is 0 Å². The summed E-state index contributed by atoms with van der Waals surface area (Å²) in [6.07, 6.45) is 9.37. The Kier molecular flexibility index (Phi) is 3.16. The lowest BCUT2D eigenvalue weighted by Gasteiger charge is -2.17. The zero-order valence-electron chi connectivity index (χ0n) is 11.6. The van der Waals surface area contributed by atoms with E-state index in [1.165, 1.54) is 0 Å². The van der Waals surface area contributed by atoms with E-state index in [-0.39, 0.29) is 6.04 Å². The molecule has 0 saturated heterocycles. The summed E-state index contributed by atoms with van der Waals surface area (Å²) in [6.45, 7) is 0. The first kappa shape index (κ1) is 13.1. The van der Waals surface area contributed by atoms with Crippen molar-refractivity contribution < 1.29 is 0 Å². The third kappa shape index (κ3) is 2.18. The van der Waals surface area contributed by atoms with E-state index < -0.39 is 0 Å². The highest BCUT2D eigenvalue weighted by molar-refractivity contribution is 6.31. The van der Waals surface area contributed by atoms with Crippen LogP contribution in [0.4, 0.5) is 0 Å². The van der Waals surface area contributed by atoms with Crippen molar-refractivity contribution in [3.8, 4) is 0 Å². The maximum Gasteiger partial charge on any atom is 0.104 e. The highest BCUT2D eigenvalue weighted by atomic mass is 35.5. The molecule has 0 saturated carbocycles. The SMILES string of the molecule is Clc1ccc2c(C(c3ccccn3)n3ccnc3)c[nH]c2c1. The van der Waals surface area contributed by atoms with Gasteiger partial charge in [-0.15, -0.1) is 0 Å². The topological polar surface area (TPSA) is 46.5 Å². The predicted molar refractivity (Wildman–Crippen MR) is 87.0 cm³/mol. The Morgan fingerprint density at radius 3 is 2.86 bits per heavy atom. The molecule has 0 radical (unpaired) electrons. The fraction of sp³-hybridized carbons (Fsp3) is 0.0588. The maximum atomic E-state index is 6.08. The monoisotopic (exact) mass is 308 g/mol. The number of pyridine rings is 1. The van der Waals surface area contributed by atoms with Gasteiger partial charge in [-0.3, -0.25) is 4.98 Å². The number of nitrogens with one attached hydrogen (secondary N) is 1. The summed E-state index contributed by atoms with van der Waals surface area (Å²) in [6, 6.07) is 11.8. The fourth-order valence-corrected chi connectivity index (χ4v) is 2.95. The first-order valence-electron chi connectivity index (χ1n) is 6.98. The Balaban J connectivity index is 1.94. The minimum atomic E-state index is -0.0291. The molecule has 1 aromatic carbocycles. The number of nitrogens with zero attached hydrogens (tertiary/aromatic N) is 3. The summed E-state index contributed by atoms with van der Waals surface area (Å²) >= 11 is 6.08.